The summed E-state index contributed by atoms with van der Waals surface area (Å²) in [5.74, 6) is -1.15. The van der Waals surface area contributed by atoms with Crippen LogP contribution < -0.4 is 16.0 Å². The Morgan fingerprint density at radius 3 is 2.30 bits per heavy atom. The highest BCUT2D eigenvalue weighted by Crippen LogP contribution is 2.29. The minimum absolute atomic E-state index is 0.0102. The van der Waals surface area contributed by atoms with Crippen LogP contribution in [0.4, 0.5) is 11.4 Å². The largest absolute Gasteiger partial charge is 0.325 e. The molecule has 0 heterocycles. The van der Waals surface area contributed by atoms with E-state index in [4.69, 9.17) is 23.2 Å². The number of thioether (sulfide) groups is 1. The van der Waals surface area contributed by atoms with Crippen molar-refractivity contribution in [1.82, 2.24) is 5.32 Å². The second-order valence-electron chi connectivity index (χ2n) is 9.80. The molecular formula is C35H27Cl2N3O3S. The SMILES string of the molecule is CC(Sc1cccc(NC(=O)/C(=C\c2ccc(Cl)cc2Cl)NC(=O)c2ccccc2)c1)C(=O)Nc1cccc2ccccc12. The van der Waals surface area contributed by atoms with Gasteiger partial charge in [0.1, 0.15) is 5.70 Å². The van der Waals surface area contributed by atoms with Gasteiger partial charge in [0.25, 0.3) is 11.8 Å². The van der Waals surface area contributed by atoms with Crippen molar-refractivity contribution in [2.75, 3.05) is 10.6 Å². The molecule has 0 aliphatic carbocycles. The van der Waals surface area contributed by atoms with Crippen LogP contribution in [0.5, 0.6) is 0 Å². The van der Waals surface area contributed by atoms with Crippen molar-refractivity contribution in [3.8, 4) is 0 Å². The Kier molecular flexibility index (Phi) is 10.0. The van der Waals surface area contributed by atoms with Gasteiger partial charge in [-0.3, -0.25) is 14.4 Å². The van der Waals surface area contributed by atoms with E-state index < -0.39 is 17.1 Å². The summed E-state index contributed by atoms with van der Waals surface area (Å²) in [6, 6.07) is 34.3. The van der Waals surface area contributed by atoms with Gasteiger partial charge in [0.15, 0.2) is 0 Å². The summed E-state index contributed by atoms with van der Waals surface area (Å²) in [6.45, 7) is 1.83. The highest BCUT2D eigenvalue weighted by atomic mass is 35.5. The Bertz CT molecular complexity index is 1870. The van der Waals surface area contributed by atoms with Gasteiger partial charge in [-0.1, -0.05) is 89.9 Å². The third kappa shape index (κ3) is 7.88. The van der Waals surface area contributed by atoms with Gasteiger partial charge in [-0.25, -0.2) is 0 Å². The van der Waals surface area contributed by atoms with E-state index in [1.54, 1.807) is 66.7 Å². The summed E-state index contributed by atoms with van der Waals surface area (Å²) < 4.78 is 0. The number of fused-ring (bicyclic) bond motifs is 1. The Morgan fingerprint density at radius 2 is 1.50 bits per heavy atom. The number of amides is 3. The zero-order valence-electron chi connectivity index (χ0n) is 23.5. The van der Waals surface area contributed by atoms with Gasteiger partial charge in [0.2, 0.25) is 5.91 Å². The molecule has 0 radical (unpaired) electrons. The summed E-state index contributed by atoms with van der Waals surface area (Å²) in [7, 11) is 0. The maximum Gasteiger partial charge on any atom is 0.272 e. The Morgan fingerprint density at radius 1 is 0.773 bits per heavy atom. The number of rotatable bonds is 9. The summed E-state index contributed by atoms with van der Waals surface area (Å²) in [5, 5.41) is 10.9. The standard InChI is InChI=1S/C35H27Cl2N3O3S/c1-22(33(41)39-31-16-7-12-23-9-5-6-15-29(23)31)44-28-14-8-13-27(21-28)38-35(43)32(19-25-17-18-26(36)20-30(25)37)40-34(42)24-10-3-2-4-11-24/h2-22H,1H3,(H,38,43)(H,39,41)(H,40,42)/b32-19+. The third-order valence-corrected chi connectivity index (χ3v) is 8.27. The summed E-state index contributed by atoms with van der Waals surface area (Å²) in [6.07, 6.45) is 1.49. The molecule has 0 saturated carbocycles. The first kappa shape index (κ1) is 30.9. The van der Waals surface area contributed by atoms with Crippen molar-refractivity contribution < 1.29 is 14.4 Å². The fraction of sp³-hybridized carbons (Fsp3) is 0.0571. The van der Waals surface area contributed by atoms with Crippen molar-refractivity contribution in [3.05, 3.63) is 142 Å². The minimum atomic E-state index is -0.552. The van der Waals surface area contributed by atoms with E-state index in [0.29, 0.717) is 26.9 Å². The molecule has 9 heteroatoms. The molecule has 6 nitrogen and oxygen atoms in total. The van der Waals surface area contributed by atoms with Crippen molar-refractivity contribution in [2.24, 2.45) is 0 Å². The molecule has 5 aromatic rings. The highest BCUT2D eigenvalue weighted by molar-refractivity contribution is 8.00. The maximum atomic E-state index is 13.5. The summed E-state index contributed by atoms with van der Waals surface area (Å²) in [5.41, 5.74) is 2.12. The fourth-order valence-corrected chi connectivity index (χ4v) is 5.78. The molecule has 3 N–H and O–H groups in total. The molecule has 0 aromatic heterocycles. The number of hydrogen-bond acceptors (Lipinski definition) is 4. The van der Waals surface area contributed by atoms with E-state index >= 15 is 0 Å². The van der Waals surface area contributed by atoms with Crippen LogP contribution >= 0.6 is 35.0 Å². The second kappa shape index (κ2) is 14.3. The lowest BCUT2D eigenvalue weighted by Gasteiger charge is -2.15. The first-order valence-electron chi connectivity index (χ1n) is 13.7. The van der Waals surface area contributed by atoms with Crippen molar-refractivity contribution in [2.45, 2.75) is 17.1 Å². The van der Waals surface area contributed by atoms with Crippen LogP contribution in [0.2, 0.25) is 10.0 Å². The Hall–Kier alpha value is -4.56. The zero-order valence-corrected chi connectivity index (χ0v) is 25.8. The van der Waals surface area contributed by atoms with E-state index in [0.717, 1.165) is 21.4 Å². The second-order valence-corrected chi connectivity index (χ2v) is 12.1. The van der Waals surface area contributed by atoms with Crippen LogP contribution in [0.1, 0.15) is 22.8 Å². The zero-order chi connectivity index (χ0) is 31.1. The van der Waals surface area contributed by atoms with E-state index in [1.165, 1.54) is 17.8 Å². The molecule has 0 fully saturated rings. The quantitative estimate of drug-likeness (QED) is 0.111. The molecule has 220 valence electrons. The number of carbonyl (C=O) groups excluding carboxylic acids is 3. The molecule has 5 rings (SSSR count). The van der Waals surface area contributed by atoms with Crippen LogP contribution in [0.25, 0.3) is 16.8 Å². The van der Waals surface area contributed by atoms with Crippen LogP contribution in [-0.4, -0.2) is 23.0 Å². The molecule has 0 spiro atoms. The van der Waals surface area contributed by atoms with Gasteiger partial charge in [-0.2, -0.15) is 0 Å². The van der Waals surface area contributed by atoms with Gasteiger partial charge >= 0.3 is 0 Å². The third-order valence-electron chi connectivity index (χ3n) is 6.61. The normalized spacial score (nSPS) is 11.9. The Balaban J connectivity index is 1.31. The topological polar surface area (TPSA) is 87.3 Å². The van der Waals surface area contributed by atoms with E-state index in [-0.39, 0.29) is 11.6 Å². The van der Waals surface area contributed by atoms with Crippen molar-refractivity contribution in [1.29, 1.82) is 0 Å². The number of benzene rings is 5. The molecular weight excluding hydrogens is 613 g/mol. The van der Waals surface area contributed by atoms with Gasteiger partial charge in [-0.05, 0) is 72.5 Å². The average molecular weight is 641 g/mol. The predicted molar refractivity (Wildman–Crippen MR) is 181 cm³/mol. The molecule has 1 atom stereocenters. The van der Waals surface area contributed by atoms with Crippen LogP contribution in [0.3, 0.4) is 0 Å². The Labute approximate surface area is 269 Å². The predicted octanol–water partition coefficient (Wildman–Crippen LogP) is 8.68. The molecule has 3 amide bonds. The molecule has 44 heavy (non-hydrogen) atoms. The number of hydrogen-bond donors (Lipinski definition) is 3. The van der Waals surface area contributed by atoms with Crippen LogP contribution in [0, 0.1) is 0 Å². The van der Waals surface area contributed by atoms with E-state index in [1.807, 2.05) is 55.5 Å². The summed E-state index contributed by atoms with van der Waals surface area (Å²) >= 11 is 13.8. The number of anilines is 2. The lowest BCUT2D eigenvalue weighted by molar-refractivity contribution is -0.115. The van der Waals surface area contributed by atoms with Crippen molar-refractivity contribution in [3.63, 3.8) is 0 Å². The summed E-state index contributed by atoms with van der Waals surface area (Å²) in [4.78, 5) is 40.3. The average Bonchev–Trinajstić information content (AvgIpc) is 3.02. The van der Waals surface area contributed by atoms with Crippen LogP contribution in [-0.2, 0) is 9.59 Å². The maximum absolute atomic E-state index is 13.5. The molecule has 0 aliphatic rings. The number of carbonyl (C=O) groups is 3. The monoisotopic (exact) mass is 639 g/mol. The highest BCUT2D eigenvalue weighted by Gasteiger charge is 2.18. The van der Waals surface area contributed by atoms with Gasteiger partial charge < -0.3 is 16.0 Å². The van der Waals surface area contributed by atoms with Crippen molar-refractivity contribution >= 4 is 80.9 Å². The van der Waals surface area contributed by atoms with Gasteiger partial charge in [-0.15, -0.1) is 11.8 Å². The fourth-order valence-electron chi connectivity index (χ4n) is 4.39. The molecule has 1 unspecified atom stereocenters. The first-order valence-corrected chi connectivity index (χ1v) is 15.3. The van der Waals surface area contributed by atoms with Crippen LogP contribution in [0.15, 0.2) is 126 Å². The lowest BCUT2D eigenvalue weighted by Crippen LogP contribution is -2.30. The molecule has 5 aromatic carbocycles. The minimum Gasteiger partial charge on any atom is -0.325 e. The van der Waals surface area contributed by atoms with E-state index in [2.05, 4.69) is 16.0 Å². The van der Waals surface area contributed by atoms with E-state index in [9.17, 15) is 14.4 Å². The molecule has 0 saturated heterocycles. The molecule has 0 bridgehead atoms. The smallest absolute Gasteiger partial charge is 0.272 e. The number of halogens is 2. The first-order chi connectivity index (χ1) is 21.3. The molecule has 0 aliphatic heterocycles. The number of nitrogens with one attached hydrogen (secondary N) is 3. The van der Waals surface area contributed by atoms with Gasteiger partial charge in [0.05, 0.1) is 5.25 Å². The lowest BCUT2D eigenvalue weighted by atomic mass is 10.1. The van der Waals surface area contributed by atoms with Gasteiger partial charge in [0, 0.05) is 37.3 Å².